The molecule has 0 atom stereocenters. The van der Waals surface area contributed by atoms with E-state index in [0.29, 0.717) is 31.2 Å². The number of rotatable bonds is 9. The molecular weight excluding hydrogens is 526 g/mol. The molecule has 2 aromatic heterocycles. The normalized spacial score (nSPS) is 16.1. The Morgan fingerprint density at radius 3 is 2.67 bits per heavy atom. The predicted molar refractivity (Wildman–Crippen MR) is 167 cm³/mol. The standard InChI is InChI=1S/C33H41N7O2/c1-23-27(32(38-39(23)2)33(41)37-22-24-9-13-34-14-10-24)12-20-42-29-8-7-25-5-3-4-6-28(25)31(29)26-11-15-36-30(21-26)40-18-16-35-17-19-40/h3-8,11,15,21,24,34-35H,9-10,12-14,16-20,22H2,1-2H3,(H,37,41). The molecule has 0 unspecified atom stereocenters. The number of aryl methyl sites for hydroxylation is 1. The second kappa shape index (κ2) is 12.9. The van der Waals surface area contributed by atoms with E-state index in [1.165, 1.54) is 0 Å². The number of amides is 1. The number of nitrogens with one attached hydrogen (secondary N) is 3. The summed E-state index contributed by atoms with van der Waals surface area (Å²) in [5.41, 5.74) is 4.57. The van der Waals surface area contributed by atoms with Crippen molar-refractivity contribution in [3.8, 4) is 16.9 Å². The number of nitrogens with zero attached hydrogens (tertiary/aromatic N) is 4. The quantitative estimate of drug-likeness (QED) is 0.284. The molecule has 1 amide bonds. The second-order valence-electron chi connectivity index (χ2n) is 11.3. The zero-order valence-electron chi connectivity index (χ0n) is 24.7. The van der Waals surface area contributed by atoms with E-state index < -0.39 is 0 Å². The van der Waals surface area contributed by atoms with Crippen molar-refractivity contribution in [2.75, 3.05) is 57.3 Å². The summed E-state index contributed by atoms with van der Waals surface area (Å²) < 4.78 is 8.32. The van der Waals surface area contributed by atoms with E-state index in [9.17, 15) is 4.79 Å². The van der Waals surface area contributed by atoms with Crippen molar-refractivity contribution in [2.24, 2.45) is 13.0 Å². The van der Waals surface area contributed by atoms with Crippen LogP contribution in [0, 0.1) is 12.8 Å². The average molecular weight is 568 g/mol. The Bertz CT molecular complexity index is 1540. The van der Waals surface area contributed by atoms with Gasteiger partial charge in [0.1, 0.15) is 11.6 Å². The molecule has 3 N–H and O–H groups in total. The number of carbonyl (C=O) groups excluding carboxylic acids is 1. The van der Waals surface area contributed by atoms with Crippen LogP contribution in [0.25, 0.3) is 21.9 Å². The van der Waals surface area contributed by atoms with Crippen LogP contribution in [0.15, 0.2) is 54.7 Å². The first-order chi connectivity index (χ1) is 20.6. The molecular formula is C33H41N7O2. The molecule has 0 radical (unpaired) electrons. The Hall–Kier alpha value is -3.95. The first-order valence-corrected chi connectivity index (χ1v) is 15.2. The fourth-order valence-corrected chi connectivity index (χ4v) is 6.11. The number of hydrogen-bond acceptors (Lipinski definition) is 7. The van der Waals surface area contributed by atoms with E-state index in [1.807, 2.05) is 20.2 Å². The molecule has 2 aromatic carbocycles. The van der Waals surface area contributed by atoms with Gasteiger partial charge < -0.3 is 25.6 Å². The number of fused-ring (bicyclic) bond motifs is 1. The molecule has 6 rings (SSSR count). The Labute approximate surface area is 247 Å². The highest BCUT2D eigenvalue weighted by molar-refractivity contribution is 6.00. The second-order valence-corrected chi connectivity index (χ2v) is 11.3. The van der Waals surface area contributed by atoms with E-state index in [4.69, 9.17) is 9.72 Å². The van der Waals surface area contributed by atoms with Crippen LogP contribution in [-0.4, -0.2) is 73.1 Å². The molecule has 4 heterocycles. The summed E-state index contributed by atoms with van der Waals surface area (Å²) in [5, 5.41) is 16.8. The number of aromatic nitrogens is 3. The van der Waals surface area contributed by atoms with Crippen LogP contribution in [0.4, 0.5) is 5.82 Å². The molecule has 9 heteroatoms. The van der Waals surface area contributed by atoms with Gasteiger partial charge in [0.15, 0.2) is 5.69 Å². The number of anilines is 1. The SMILES string of the molecule is Cc1c(CCOc2ccc3ccccc3c2-c2ccnc(N3CCNCC3)c2)c(C(=O)NCC2CCNCC2)nn1C. The van der Waals surface area contributed by atoms with Crippen molar-refractivity contribution in [2.45, 2.75) is 26.2 Å². The highest BCUT2D eigenvalue weighted by atomic mass is 16.5. The van der Waals surface area contributed by atoms with E-state index in [0.717, 1.165) is 96.8 Å². The van der Waals surface area contributed by atoms with Crippen molar-refractivity contribution >= 4 is 22.5 Å². The largest absolute Gasteiger partial charge is 0.493 e. The van der Waals surface area contributed by atoms with Crippen LogP contribution < -0.4 is 25.6 Å². The van der Waals surface area contributed by atoms with Crippen molar-refractivity contribution in [3.05, 3.63) is 71.7 Å². The molecule has 0 aliphatic carbocycles. The van der Waals surface area contributed by atoms with Gasteiger partial charge in [-0.25, -0.2) is 4.98 Å². The molecule has 220 valence electrons. The summed E-state index contributed by atoms with van der Waals surface area (Å²) >= 11 is 0. The summed E-state index contributed by atoms with van der Waals surface area (Å²) in [4.78, 5) is 20.2. The fraction of sp³-hybridized carbons (Fsp3) is 0.424. The van der Waals surface area contributed by atoms with Gasteiger partial charge >= 0.3 is 0 Å². The number of carbonyl (C=O) groups is 1. The van der Waals surface area contributed by atoms with Gasteiger partial charge in [-0.05, 0) is 73.3 Å². The van der Waals surface area contributed by atoms with Crippen molar-refractivity contribution in [1.82, 2.24) is 30.7 Å². The zero-order valence-corrected chi connectivity index (χ0v) is 24.7. The molecule has 2 aliphatic rings. The van der Waals surface area contributed by atoms with Gasteiger partial charge in [0.05, 0.1) is 6.61 Å². The lowest BCUT2D eigenvalue weighted by Gasteiger charge is -2.28. The van der Waals surface area contributed by atoms with Crippen molar-refractivity contribution in [3.63, 3.8) is 0 Å². The first-order valence-electron chi connectivity index (χ1n) is 15.2. The minimum atomic E-state index is -0.101. The lowest BCUT2D eigenvalue weighted by molar-refractivity contribution is 0.0937. The highest BCUT2D eigenvalue weighted by Crippen LogP contribution is 2.38. The smallest absolute Gasteiger partial charge is 0.272 e. The number of hydrogen-bond donors (Lipinski definition) is 3. The lowest BCUT2D eigenvalue weighted by Crippen LogP contribution is -2.43. The third kappa shape index (κ3) is 6.12. The van der Waals surface area contributed by atoms with Gasteiger partial charge in [0, 0.05) is 69.2 Å². The summed E-state index contributed by atoms with van der Waals surface area (Å²) in [5.74, 6) is 2.22. The van der Waals surface area contributed by atoms with Gasteiger partial charge in [-0.3, -0.25) is 9.48 Å². The van der Waals surface area contributed by atoms with Gasteiger partial charge in [0.25, 0.3) is 5.91 Å². The molecule has 0 spiro atoms. The van der Waals surface area contributed by atoms with Crippen molar-refractivity contribution in [1.29, 1.82) is 0 Å². The Balaban J connectivity index is 1.22. The lowest BCUT2D eigenvalue weighted by atomic mass is 9.97. The van der Waals surface area contributed by atoms with Crippen LogP contribution in [0.1, 0.15) is 34.6 Å². The molecule has 9 nitrogen and oxygen atoms in total. The van der Waals surface area contributed by atoms with Crippen LogP contribution in [0.2, 0.25) is 0 Å². The number of ether oxygens (including phenoxy) is 1. The summed E-state index contributed by atoms with van der Waals surface area (Å²) in [6.45, 7) is 8.96. The van der Waals surface area contributed by atoms with Gasteiger partial charge in [-0.2, -0.15) is 5.10 Å². The molecule has 42 heavy (non-hydrogen) atoms. The predicted octanol–water partition coefficient (Wildman–Crippen LogP) is 3.70. The zero-order chi connectivity index (χ0) is 28.9. The Morgan fingerprint density at radius 1 is 1.05 bits per heavy atom. The number of piperidine rings is 1. The summed E-state index contributed by atoms with van der Waals surface area (Å²) in [6, 6.07) is 16.8. The summed E-state index contributed by atoms with van der Waals surface area (Å²) in [6.07, 6.45) is 4.66. The third-order valence-corrected chi connectivity index (χ3v) is 8.66. The Kier molecular flexibility index (Phi) is 8.67. The van der Waals surface area contributed by atoms with E-state index >= 15 is 0 Å². The highest BCUT2D eigenvalue weighted by Gasteiger charge is 2.22. The van der Waals surface area contributed by atoms with Crippen LogP contribution in [0.3, 0.4) is 0 Å². The number of piperazine rings is 1. The minimum absolute atomic E-state index is 0.101. The fourth-order valence-electron chi connectivity index (χ4n) is 6.11. The third-order valence-electron chi connectivity index (χ3n) is 8.66. The van der Waals surface area contributed by atoms with E-state index in [-0.39, 0.29) is 5.91 Å². The molecule has 2 fully saturated rings. The topological polar surface area (TPSA) is 96.3 Å². The maximum absolute atomic E-state index is 13.2. The van der Waals surface area contributed by atoms with Crippen LogP contribution >= 0.6 is 0 Å². The average Bonchev–Trinajstić information content (AvgIpc) is 3.33. The van der Waals surface area contributed by atoms with Crippen LogP contribution in [-0.2, 0) is 13.5 Å². The van der Waals surface area contributed by atoms with Gasteiger partial charge in [0.2, 0.25) is 0 Å². The number of benzene rings is 2. The monoisotopic (exact) mass is 567 g/mol. The van der Waals surface area contributed by atoms with E-state index in [1.54, 1.807) is 4.68 Å². The van der Waals surface area contributed by atoms with Crippen molar-refractivity contribution < 1.29 is 9.53 Å². The molecule has 0 bridgehead atoms. The Morgan fingerprint density at radius 2 is 1.83 bits per heavy atom. The number of pyridine rings is 1. The minimum Gasteiger partial charge on any atom is -0.493 e. The molecule has 4 aromatic rings. The molecule has 2 aliphatic heterocycles. The van der Waals surface area contributed by atoms with Gasteiger partial charge in [-0.1, -0.05) is 30.3 Å². The summed E-state index contributed by atoms with van der Waals surface area (Å²) in [7, 11) is 1.89. The maximum Gasteiger partial charge on any atom is 0.272 e. The van der Waals surface area contributed by atoms with Gasteiger partial charge in [-0.15, -0.1) is 0 Å². The van der Waals surface area contributed by atoms with E-state index in [2.05, 4.69) is 74.5 Å². The molecule has 2 saturated heterocycles. The maximum atomic E-state index is 13.2. The first kappa shape index (κ1) is 28.2. The van der Waals surface area contributed by atoms with Crippen LogP contribution in [0.5, 0.6) is 5.75 Å². The molecule has 0 saturated carbocycles.